The Bertz CT molecular complexity index is 187. The molecule has 1 amide bonds. The number of alkyl halides is 1. The molecule has 0 aromatic rings. The van der Waals surface area contributed by atoms with Gasteiger partial charge in [-0.15, -0.1) is 0 Å². The van der Waals surface area contributed by atoms with Crippen LogP contribution in [0, 0.1) is 5.92 Å². The smallest absolute Gasteiger partial charge is 0.228 e. The largest absolute Gasteiger partial charge is 0.381 e. The molecule has 0 radical (unpaired) electrons. The summed E-state index contributed by atoms with van der Waals surface area (Å²) < 4.78 is 5.35. The summed E-state index contributed by atoms with van der Waals surface area (Å²) in [5.74, 6) is 0.375. The first-order valence-electron chi connectivity index (χ1n) is 5.72. The average molecular weight is 278 g/mol. The molecular formula is C11H20BrNO2. The first-order valence-corrected chi connectivity index (χ1v) is 6.84. The van der Waals surface area contributed by atoms with E-state index < -0.39 is 0 Å². The molecule has 1 aliphatic heterocycles. The predicted molar refractivity (Wildman–Crippen MR) is 64.2 cm³/mol. The molecule has 0 aliphatic carbocycles. The first kappa shape index (κ1) is 13.0. The van der Waals surface area contributed by atoms with Crippen molar-refractivity contribution in [3.8, 4) is 0 Å². The Balaban J connectivity index is 2.45. The van der Waals surface area contributed by atoms with Crippen molar-refractivity contribution in [2.24, 2.45) is 5.92 Å². The minimum Gasteiger partial charge on any atom is -0.381 e. The number of hydrogen-bond donors (Lipinski definition) is 0. The van der Waals surface area contributed by atoms with Gasteiger partial charge in [0, 0.05) is 25.0 Å². The van der Waals surface area contributed by atoms with Crippen molar-refractivity contribution in [3.05, 3.63) is 0 Å². The van der Waals surface area contributed by atoms with Crippen LogP contribution in [0.25, 0.3) is 0 Å². The summed E-state index contributed by atoms with van der Waals surface area (Å²) in [6, 6.07) is 0. The highest BCUT2D eigenvalue weighted by atomic mass is 79.9. The van der Waals surface area contributed by atoms with E-state index >= 15 is 0 Å². The van der Waals surface area contributed by atoms with E-state index in [0.717, 1.165) is 44.3 Å². The fraction of sp³-hybridized carbons (Fsp3) is 0.909. The maximum Gasteiger partial charge on any atom is 0.228 e. The maximum atomic E-state index is 12.1. The molecule has 15 heavy (non-hydrogen) atoms. The first-order chi connectivity index (χ1) is 7.29. The molecule has 88 valence electrons. The van der Waals surface area contributed by atoms with Crippen molar-refractivity contribution >= 4 is 21.8 Å². The lowest BCUT2D eigenvalue weighted by molar-refractivity contribution is -0.139. The SMILES string of the molecule is CCCN(CCBr)C(=O)C1CCCOC1. The predicted octanol–water partition coefficient (Wildman–Crippen LogP) is 2.05. The Morgan fingerprint density at radius 1 is 1.53 bits per heavy atom. The number of carbonyl (C=O) groups excluding carboxylic acids is 1. The van der Waals surface area contributed by atoms with E-state index in [0.29, 0.717) is 6.61 Å². The third-order valence-electron chi connectivity index (χ3n) is 2.67. The molecule has 0 bridgehead atoms. The van der Waals surface area contributed by atoms with Crippen molar-refractivity contribution in [1.82, 2.24) is 4.90 Å². The van der Waals surface area contributed by atoms with Crippen molar-refractivity contribution in [3.63, 3.8) is 0 Å². The number of hydrogen-bond acceptors (Lipinski definition) is 2. The Labute approximate surface area is 100 Å². The van der Waals surface area contributed by atoms with Crippen LogP contribution < -0.4 is 0 Å². The molecule has 0 saturated carbocycles. The van der Waals surface area contributed by atoms with E-state index in [1.807, 2.05) is 4.90 Å². The Morgan fingerprint density at radius 2 is 2.33 bits per heavy atom. The Kier molecular flexibility index (Phi) is 6.25. The van der Waals surface area contributed by atoms with Gasteiger partial charge in [-0.3, -0.25) is 4.79 Å². The van der Waals surface area contributed by atoms with Crippen LogP contribution in [-0.4, -0.2) is 42.4 Å². The topological polar surface area (TPSA) is 29.5 Å². The highest BCUT2D eigenvalue weighted by Crippen LogP contribution is 2.16. The van der Waals surface area contributed by atoms with Crippen LogP contribution in [0.5, 0.6) is 0 Å². The molecule has 1 rings (SSSR count). The van der Waals surface area contributed by atoms with Crippen LogP contribution in [0.2, 0.25) is 0 Å². The zero-order valence-corrected chi connectivity index (χ0v) is 11.0. The molecule has 1 heterocycles. The summed E-state index contributed by atoms with van der Waals surface area (Å²) in [5, 5.41) is 0.853. The second-order valence-electron chi connectivity index (χ2n) is 3.93. The molecule has 1 unspecified atom stereocenters. The van der Waals surface area contributed by atoms with Gasteiger partial charge < -0.3 is 9.64 Å². The number of ether oxygens (including phenoxy) is 1. The van der Waals surface area contributed by atoms with Crippen molar-refractivity contribution in [2.75, 3.05) is 31.6 Å². The van der Waals surface area contributed by atoms with E-state index in [9.17, 15) is 4.79 Å². The quantitative estimate of drug-likeness (QED) is 0.720. The van der Waals surface area contributed by atoms with Crippen LogP contribution in [-0.2, 0) is 9.53 Å². The Morgan fingerprint density at radius 3 is 2.87 bits per heavy atom. The summed E-state index contributed by atoms with van der Waals surface area (Å²) in [5.41, 5.74) is 0. The summed E-state index contributed by atoms with van der Waals surface area (Å²) in [4.78, 5) is 14.1. The van der Waals surface area contributed by atoms with Crippen molar-refractivity contribution in [2.45, 2.75) is 26.2 Å². The molecule has 1 atom stereocenters. The zero-order valence-electron chi connectivity index (χ0n) is 9.38. The van der Waals surface area contributed by atoms with Crippen LogP contribution in [0.15, 0.2) is 0 Å². The van der Waals surface area contributed by atoms with Crippen LogP contribution in [0.3, 0.4) is 0 Å². The van der Waals surface area contributed by atoms with Crippen LogP contribution in [0.4, 0.5) is 0 Å². The number of amides is 1. The summed E-state index contributed by atoms with van der Waals surface area (Å²) in [6.07, 6.45) is 3.03. The fourth-order valence-electron chi connectivity index (χ4n) is 1.90. The third kappa shape index (κ3) is 4.11. The van der Waals surface area contributed by atoms with E-state index in [1.54, 1.807) is 0 Å². The molecule has 0 N–H and O–H groups in total. The normalized spacial score (nSPS) is 21.3. The second kappa shape index (κ2) is 7.23. The molecule has 1 aliphatic rings. The molecule has 1 fully saturated rings. The standard InChI is InChI=1S/C11H20BrNO2/c1-2-6-13(7-5-12)11(14)10-4-3-8-15-9-10/h10H,2-9H2,1H3. The molecule has 1 saturated heterocycles. The van der Waals surface area contributed by atoms with E-state index in [4.69, 9.17) is 4.74 Å². The number of nitrogens with zero attached hydrogens (tertiary/aromatic N) is 1. The lowest BCUT2D eigenvalue weighted by atomic mass is 10.0. The second-order valence-corrected chi connectivity index (χ2v) is 4.72. The molecule has 4 heteroatoms. The lowest BCUT2D eigenvalue weighted by Gasteiger charge is -2.28. The van der Waals surface area contributed by atoms with Crippen molar-refractivity contribution < 1.29 is 9.53 Å². The number of rotatable bonds is 5. The van der Waals surface area contributed by atoms with Gasteiger partial charge in [-0.05, 0) is 19.3 Å². The van der Waals surface area contributed by atoms with Gasteiger partial charge in [0.25, 0.3) is 0 Å². The van der Waals surface area contributed by atoms with Crippen LogP contribution in [0.1, 0.15) is 26.2 Å². The summed E-state index contributed by atoms with van der Waals surface area (Å²) >= 11 is 3.39. The molecule has 0 spiro atoms. The third-order valence-corrected chi connectivity index (χ3v) is 3.02. The maximum absolute atomic E-state index is 12.1. The number of halogens is 1. The van der Waals surface area contributed by atoms with Crippen LogP contribution >= 0.6 is 15.9 Å². The van der Waals surface area contributed by atoms with Gasteiger partial charge in [0.2, 0.25) is 5.91 Å². The van der Waals surface area contributed by atoms with Gasteiger partial charge in [-0.25, -0.2) is 0 Å². The minimum atomic E-state index is 0.101. The Hall–Kier alpha value is -0.0900. The fourth-order valence-corrected chi connectivity index (χ4v) is 2.33. The highest BCUT2D eigenvalue weighted by molar-refractivity contribution is 9.09. The molecule has 0 aromatic carbocycles. The van der Waals surface area contributed by atoms with E-state index in [-0.39, 0.29) is 11.8 Å². The van der Waals surface area contributed by atoms with E-state index in [2.05, 4.69) is 22.9 Å². The lowest BCUT2D eigenvalue weighted by Crippen LogP contribution is -2.40. The minimum absolute atomic E-state index is 0.101. The van der Waals surface area contributed by atoms with Gasteiger partial charge >= 0.3 is 0 Å². The zero-order chi connectivity index (χ0) is 11.1. The summed E-state index contributed by atoms with van der Waals surface area (Å²) in [7, 11) is 0. The van der Waals surface area contributed by atoms with Crippen molar-refractivity contribution in [1.29, 1.82) is 0 Å². The van der Waals surface area contributed by atoms with Gasteiger partial charge in [0.05, 0.1) is 12.5 Å². The van der Waals surface area contributed by atoms with Gasteiger partial charge in [-0.2, -0.15) is 0 Å². The average Bonchev–Trinajstić information content (AvgIpc) is 2.29. The molecule has 0 aromatic heterocycles. The molecular weight excluding hydrogens is 258 g/mol. The van der Waals surface area contributed by atoms with Gasteiger partial charge in [-0.1, -0.05) is 22.9 Å². The van der Waals surface area contributed by atoms with Gasteiger partial charge in [0.15, 0.2) is 0 Å². The van der Waals surface area contributed by atoms with Gasteiger partial charge in [0.1, 0.15) is 0 Å². The monoisotopic (exact) mass is 277 g/mol. The number of carbonyl (C=O) groups is 1. The highest BCUT2D eigenvalue weighted by Gasteiger charge is 2.25. The van der Waals surface area contributed by atoms with E-state index in [1.165, 1.54) is 0 Å². The molecule has 3 nitrogen and oxygen atoms in total. The summed E-state index contributed by atoms with van der Waals surface area (Å²) in [6.45, 7) is 5.20.